The summed E-state index contributed by atoms with van der Waals surface area (Å²) in [5.41, 5.74) is 1.39. The number of carbonyl (C=O) groups excluding carboxylic acids is 2. The summed E-state index contributed by atoms with van der Waals surface area (Å²) in [7, 11) is 0. The number of allylic oxidation sites excluding steroid dienone is 2. The number of aromatic nitrogens is 1. The van der Waals surface area contributed by atoms with Gasteiger partial charge in [0.1, 0.15) is 10.6 Å². The Balaban J connectivity index is 2.45. The maximum Gasteiger partial charge on any atom is 0.209 e. The number of unbranched alkanes of at least 4 members (excludes halogenated alkanes) is 1. The van der Waals surface area contributed by atoms with Crippen molar-refractivity contribution in [2.45, 2.75) is 33.1 Å². The van der Waals surface area contributed by atoms with Gasteiger partial charge >= 0.3 is 0 Å². The van der Waals surface area contributed by atoms with Crippen LogP contribution in [0, 0.1) is 0 Å². The number of thiazole rings is 1. The fourth-order valence-corrected chi connectivity index (χ4v) is 2.98. The molecule has 1 aliphatic rings. The third kappa shape index (κ3) is 2.07. The minimum Gasteiger partial charge on any atom is -0.288 e. The maximum atomic E-state index is 12.2. The molecular formula is C12H12ClNO2S. The average Bonchev–Trinajstić information content (AvgIpc) is 2.69. The minimum atomic E-state index is -0.131. The van der Waals surface area contributed by atoms with Gasteiger partial charge in [-0.05, 0) is 19.8 Å². The lowest BCUT2D eigenvalue weighted by molar-refractivity contribution is 0.0971. The van der Waals surface area contributed by atoms with Gasteiger partial charge in [0.05, 0.1) is 0 Å². The van der Waals surface area contributed by atoms with E-state index >= 15 is 0 Å². The monoisotopic (exact) mass is 269 g/mol. The zero-order valence-corrected chi connectivity index (χ0v) is 11.2. The Hall–Kier alpha value is -1.00. The van der Waals surface area contributed by atoms with E-state index in [1.807, 2.05) is 0 Å². The van der Waals surface area contributed by atoms with Gasteiger partial charge < -0.3 is 0 Å². The van der Waals surface area contributed by atoms with Crippen LogP contribution in [0.2, 0.25) is 4.47 Å². The van der Waals surface area contributed by atoms with Gasteiger partial charge in [0.25, 0.3) is 0 Å². The molecule has 2 rings (SSSR count). The molecule has 5 heteroatoms. The molecule has 0 N–H and O–H groups in total. The van der Waals surface area contributed by atoms with E-state index in [1.54, 1.807) is 6.92 Å². The zero-order chi connectivity index (χ0) is 12.6. The van der Waals surface area contributed by atoms with Crippen LogP contribution in [0.5, 0.6) is 0 Å². The van der Waals surface area contributed by atoms with Crippen molar-refractivity contribution in [3.63, 3.8) is 0 Å². The predicted octanol–water partition coefficient (Wildman–Crippen LogP) is 3.68. The Morgan fingerprint density at radius 3 is 2.65 bits per heavy atom. The number of fused-ring (bicyclic) bond motifs is 1. The van der Waals surface area contributed by atoms with Crippen molar-refractivity contribution in [2.75, 3.05) is 0 Å². The number of hydrogen-bond donors (Lipinski definition) is 0. The molecular weight excluding hydrogens is 258 g/mol. The second-order valence-electron chi connectivity index (χ2n) is 4.01. The number of hydrogen-bond acceptors (Lipinski definition) is 4. The van der Waals surface area contributed by atoms with Crippen LogP contribution >= 0.6 is 22.9 Å². The molecule has 0 amide bonds. The second kappa shape index (κ2) is 4.70. The number of carbonyl (C=O) groups is 2. The maximum absolute atomic E-state index is 12.2. The predicted molar refractivity (Wildman–Crippen MR) is 68.0 cm³/mol. The second-order valence-corrected chi connectivity index (χ2v) is 5.59. The largest absolute Gasteiger partial charge is 0.288 e. The molecule has 1 heterocycles. The van der Waals surface area contributed by atoms with E-state index in [0.717, 1.165) is 24.2 Å². The summed E-state index contributed by atoms with van der Waals surface area (Å²) in [5, 5.41) is 0. The van der Waals surface area contributed by atoms with Crippen molar-refractivity contribution in [3.05, 3.63) is 26.2 Å². The van der Waals surface area contributed by atoms with Crippen LogP contribution in [0.15, 0.2) is 11.1 Å². The quantitative estimate of drug-likeness (QED) is 0.841. The molecule has 0 aliphatic heterocycles. The molecule has 0 spiro atoms. The van der Waals surface area contributed by atoms with Gasteiger partial charge in [-0.2, -0.15) is 0 Å². The molecule has 0 aromatic carbocycles. The topological polar surface area (TPSA) is 47.0 Å². The van der Waals surface area contributed by atoms with E-state index in [0.29, 0.717) is 22.4 Å². The third-order valence-corrected chi connectivity index (χ3v) is 4.03. The van der Waals surface area contributed by atoms with E-state index in [9.17, 15) is 9.59 Å². The van der Waals surface area contributed by atoms with Crippen LogP contribution in [0.1, 0.15) is 53.3 Å². The molecule has 0 saturated heterocycles. The molecule has 3 nitrogen and oxygen atoms in total. The first-order valence-electron chi connectivity index (χ1n) is 5.51. The van der Waals surface area contributed by atoms with Crippen LogP contribution in [0.4, 0.5) is 0 Å². The number of ketones is 2. The Bertz CT molecular complexity index is 531. The fourth-order valence-electron chi connectivity index (χ4n) is 1.88. The number of Topliss-reactive ketones (excluding diaryl/α,β-unsaturated/α-hetero) is 2. The summed E-state index contributed by atoms with van der Waals surface area (Å²) < 4.78 is 0.251. The molecule has 0 fully saturated rings. The van der Waals surface area contributed by atoms with Gasteiger partial charge in [0.15, 0.2) is 4.47 Å². The highest BCUT2D eigenvalue weighted by atomic mass is 35.5. The smallest absolute Gasteiger partial charge is 0.209 e. The van der Waals surface area contributed by atoms with Crippen LogP contribution in [-0.4, -0.2) is 16.6 Å². The zero-order valence-electron chi connectivity index (χ0n) is 9.67. The Morgan fingerprint density at radius 1 is 1.29 bits per heavy atom. The number of halogens is 1. The normalized spacial score (nSPS) is 15.5. The van der Waals surface area contributed by atoms with Crippen LogP contribution < -0.4 is 0 Å². The van der Waals surface area contributed by atoms with Crippen LogP contribution in [0.3, 0.4) is 0 Å². The average molecular weight is 270 g/mol. The molecule has 0 radical (unpaired) electrons. The summed E-state index contributed by atoms with van der Waals surface area (Å²) in [6, 6.07) is 0. The first-order chi connectivity index (χ1) is 8.06. The Kier molecular flexibility index (Phi) is 3.45. The van der Waals surface area contributed by atoms with E-state index in [2.05, 4.69) is 11.9 Å². The molecule has 1 aliphatic carbocycles. The van der Waals surface area contributed by atoms with Crippen molar-refractivity contribution in [1.29, 1.82) is 0 Å². The summed E-state index contributed by atoms with van der Waals surface area (Å²) in [4.78, 5) is 28.6. The molecule has 1 aromatic heterocycles. The highest BCUT2D eigenvalue weighted by molar-refractivity contribution is 7.18. The van der Waals surface area contributed by atoms with Gasteiger partial charge in [0, 0.05) is 11.1 Å². The molecule has 17 heavy (non-hydrogen) atoms. The number of nitrogens with zero attached hydrogens (tertiary/aromatic N) is 1. The summed E-state index contributed by atoms with van der Waals surface area (Å²) >= 11 is 6.85. The van der Waals surface area contributed by atoms with Crippen molar-refractivity contribution < 1.29 is 9.59 Å². The summed E-state index contributed by atoms with van der Waals surface area (Å²) in [6.07, 6.45) is 2.53. The third-order valence-electron chi connectivity index (χ3n) is 2.87. The first-order valence-corrected chi connectivity index (χ1v) is 6.71. The lowest BCUT2D eigenvalue weighted by atomic mass is 9.89. The van der Waals surface area contributed by atoms with E-state index in [-0.39, 0.29) is 21.7 Å². The highest BCUT2D eigenvalue weighted by Gasteiger charge is 2.32. The Morgan fingerprint density at radius 2 is 2.00 bits per heavy atom. The minimum absolute atomic E-state index is 0.102. The molecule has 1 aromatic rings. The van der Waals surface area contributed by atoms with E-state index in [1.165, 1.54) is 0 Å². The Labute approximate surface area is 109 Å². The lowest BCUT2D eigenvalue weighted by Gasteiger charge is -2.14. The SMILES string of the molecule is CCCCC1=C(C)C(=O)c2sc(Cl)nc2C1=O. The molecule has 0 bridgehead atoms. The van der Waals surface area contributed by atoms with Crippen LogP contribution in [0.25, 0.3) is 0 Å². The van der Waals surface area contributed by atoms with Crippen LogP contribution in [-0.2, 0) is 0 Å². The van der Waals surface area contributed by atoms with E-state index in [4.69, 9.17) is 11.6 Å². The van der Waals surface area contributed by atoms with Gasteiger partial charge in [0.2, 0.25) is 11.6 Å². The van der Waals surface area contributed by atoms with Crippen molar-refractivity contribution in [3.8, 4) is 0 Å². The van der Waals surface area contributed by atoms with Gasteiger partial charge in [-0.3, -0.25) is 9.59 Å². The van der Waals surface area contributed by atoms with Crippen molar-refractivity contribution in [2.24, 2.45) is 0 Å². The van der Waals surface area contributed by atoms with Crippen molar-refractivity contribution in [1.82, 2.24) is 4.98 Å². The van der Waals surface area contributed by atoms with Gasteiger partial charge in [-0.1, -0.05) is 36.3 Å². The molecule has 0 unspecified atom stereocenters. The number of rotatable bonds is 3. The fraction of sp³-hybridized carbons (Fsp3) is 0.417. The van der Waals surface area contributed by atoms with Gasteiger partial charge in [-0.15, -0.1) is 0 Å². The first kappa shape index (κ1) is 12.5. The van der Waals surface area contributed by atoms with Gasteiger partial charge in [-0.25, -0.2) is 4.98 Å². The standard InChI is InChI=1S/C12H12ClNO2S/c1-3-4-5-7-6(2)9(15)11-8(10(7)16)14-12(13)17-11/h3-5H2,1-2H3. The molecule has 0 saturated carbocycles. The van der Waals surface area contributed by atoms with E-state index < -0.39 is 0 Å². The summed E-state index contributed by atoms with van der Waals surface area (Å²) in [6.45, 7) is 3.76. The molecule has 0 atom stereocenters. The highest BCUT2D eigenvalue weighted by Crippen LogP contribution is 2.33. The van der Waals surface area contributed by atoms with Crippen molar-refractivity contribution >= 4 is 34.5 Å². The lowest BCUT2D eigenvalue weighted by Crippen LogP contribution is -2.19. The summed E-state index contributed by atoms with van der Waals surface area (Å²) in [5.74, 6) is -0.233. The molecule has 90 valence electrons.